The van der Waals surface area contributed by atoms with Gasteiger partial charge in [-0.3, -0.25) is 4.98 Å². The molecule has 1 fully saturated rings. The van der Waals surface area contributed by atoms with Crippen LogP contribution in [0.2, 0.25) is 0 Å². The predicted octanol–water partition coefficient (Wildman–Crippen LogP) is 2.25. The first-order valence-electron chi connectivity index (χ1n) is 8.33. The van der Waals surface area contributed by atoms with E-state index in [2.05, 4.69) is 15.6 Å². The molecule has 1 aliphatic carbocycles. The number of hydrogen-bond acceptors (Lipinski definition) is 3. The highest BCUT2D eigenvalue weighted by molar-refractivity contribution is 5.74. The zero-order valence-corrected chi connectivity index (χ0v) is 13.1. The maximum absolute atomic E-state index is 12.0. The van der Waals surface area contributed by atoms with E-state index in [1.807, 2.05) is 18.3 Å². The monoisotopic (exact) mass is 305 g/mol. The Balaban J connectivity index is 1.73. The average molecular weight is 305 g/mol. The van der Waals surface area contributed by atoms with Gasteiger partial charge in [0, 0.05) is 31.6 Å². The number of carbonyl (C=O) groups is 1. The van der Waals surface area contributed by atoms with Crippen molar-refractivity contribution in [3.63, 3.8) is 0 Å². The van der Waals surface area contributed by atoms with E-state index in [0.29, 0.717) is 18.9 Å². The molecule has 0 radical (unpaired) electrons. The van der Waals surface area contributed by atoms with Crippen LogP contribution in [0.4, 0.5) is 4.79 Å². The fourth-order valence-corrected chi connectivity index (χ4v) is 3.19. The minimum Gasteiger partial charge on any atom is -0.396 e. The third-order valence-corrected chi connectivity index (χ3v) is 4.40. The molecular weight excluding hydrogens is 278 g/mol. The zero-order chi connectivity index (χ0) is 15.6. The van der Waals surface area contributed by atoms with Gasteiger partial charge in [-0.2, -0.15) is 0 Å². The van der Waals surface area contributed by atoms with Crippen LogP contribution in [0.3, 0.4) is 0 Å². The molecular formula is C17H27N3O2. The maximum atomic E-state index is 12.0. The number of hydrogen-bond donors (Lipinski definition) is 3. The van der Waals surface area contributed by atoms with E-state index >= 15 is 0 Å². The highest BCUT2D eigenvalue weighted by Crippen LogP contribution is 2.27. The SMILES string of the molecule is O=C(NCCc1cccnc1)NC(CCO)C1CCCCC1. The molecule has 1 aliphatic rings. The van der Waals surface area contributed by atoms with E-state index in [9.17, 15) is 9.90 Å². The first-order chi connectivity index (χ1) is 10.8. The fraction of sp³-hybridized carbons (Fsp3) is 0.647. The summed E-state index contributed by atoms with van der Waals surface area (Å²) in [6, 6.07) is 3.86. The molecule has 3 N–H and O–H groups in total. The van der Waals surface area contributed by atoms with Crippen molar-refractivity contribution >= 4 is 6.03 Å². The standard InChI is InChI=1S/C17H27N3O2/c21-12-9-16(15-6-2-1-3-7-15)20-17(22)19-11-8-14-5-4-10-18-13-14/h4-5,10,13,15-16,21H,1-3,6-9,11-12H2,(H2,19,20,22). The molecule has 1 unspecified atom stereocenters. The number of nitrogens with one attached hydrogen (secondary N) is 2. The third-order valence-electron chi connectivity index (χ3n) is 4.40. The van der Waals surface area contributed by atoms with Gasteiger partial charge in [-0.1, -0.05) is 25.3 Å². The van der Waals surface area contributed by atoms with Gasteiger partial charge >= 0.3 is 6.03 Å². The molecule has 0 saturated heterocycles. The van der Waals surface area contributed by atoms with E-state index < -0.39 is 0 Å². The van der Waals surface area contributed by atoms with Crippen molar-refractivity contribution in [3.8, 4) is 0 Å². The van der Waals surface area contributed by atoms with Crippen LogP contribution in [-0.2, 0) is 6.42 Å². The number of aromatic nitrogens is 1. The Labute approximate surface area is 132 Å². The molecule has 0 aliphatic heterocycles. The maximum Gasteiger partial charge on any atom is 0.315 e. The number of nitrogens with zero attached hydrogens (tertiary/aromatic N) is 1. The van der Waals surface area contributed by atoms with Gasteiger partial charge in [0.15, 0.2) is 0 Å². The van der Waals surface area contributed by atoms with E-state index in [1.54, 1.807) is 6.20 Å². The Morgan fingerprint density at radius 3 is 2.86 bits per heavy atom. The third kappa shape index (κ3) is 5.64. The Morgan fingerprint density at radius 2 is 2.18 bits per heavy atom. The van der Waals surface area contributed by atoms with Crippen molar-refractivity contribution in [2.75, 3.05) is 13.2 Å². The molecule has 5 heteroatoms. The molecule has 1 atom stereocenters. The molecule has 0 bridgehead atoms. The molecule has 0 aromatic carbocycles. The van der Waals surface area contributed by atoms with Crippen molar-refractivity contribution < 1.29 is 9.90 Å². The van der Waals surface area contributed by atoms with Crippen LogP contribution in [-0.4, -0.2) is 35.3 Å². The Bertz CT molecular complexity index is 433. The summed E-state index contributed by atoms with van der Waals surface area (Å²) in [7, 11) is 0. The fourth-order valence-electron chi connectivity index (χ4n) is 3.19. The van der Waals surface area contributed by atoms with E-state index in [4.69, 9.17) is 0 Å². The molecule has 2 amide bonds. The zero-order valence-electron chi connectivity index (χ0n) is 13.1. The van der Waals surface area contributed by atoms with Gasteiger partial charge in [-0.15, -0.1) is 0 Å². The Hall–Kier alpha value is -1.62. The van der Waals surface area contributed by atoms with Crippen LogP contribution in [0.1, 0.15) is 44.1 Å². The second-order valence-electron chi connectivity index (χ2n) is 6.03. The number of amides is 2. The normalized spacial score (nSPS) is 17.0. The van der Waals surface area contributed by atoms with Crippen LogP contribution < -0.4 is 10.6 Å². The molecule has 2 rings (SSSR count). The van der Waals surface area contributed by atoms with Crippen molar-refractivity contribution in [1.29, 1.82) is 0 Å². The van der Waals surface area contributed by atoms with Crippen molar-refractivity contribution in [1.82, 2.24) is 15.6 Å². The summed E-state index contributed by atoms with van der Waals surface area (Å²) in [5.41, 5.74) is 1.11. The summed E-state index contributed by atoms with van der Waals surface area (Å²) >= 11 is 0. The van der Waals surface area contributed by atoms with E-state index in [-0.39, 0.29) is 18.7 Å². The van der Waals surface area contributed by atoms with Crippen LogP contribution in [0.5, 0.6) is 0 Å². The lowest BCUT2D eigenvalue weighted by molar-refractivity contribution is 0.197. The summed E-state index contributed by atoms with van der Waals surface area (Å²) < 4.78 is 0. The second-order valence-corrected chi connectivity index (χ2v) is 6.03. The van der Waals surface area contributed by atoms with Gasteiger partial charge in [0.1, 0.15) is 0 Å². The first-order valence-corrected chi connectivity index (χ1v) is 8.33. The molecule has 22 heavy (non-hydrogen) atoms. The summed E-state index contributed by atoms with van der Waals surface area (Å²) in [5, 5.41) is 15.2. The van der Waals surface area contributed by atoms with Crippen LogP contribution in [0.25, 0.3) is 0 Å². The summed E-state index contributed by atoms with van der Waals surface area (Å²) in [6.07, 6.45) is 11.0. The smallest absolute Gasteiger partial charge is 0.315 e. The molecule has 1 aromatic rings. The summed E-state index contributed by atoms with van der Waals surface area (Å²) in [4.78, 5) is 16.1. The number of aliphatic hydroxyl groups is 1. The average Bonchev–Trinajstić information content (AvgIpc) is 2.56. The molecule has 1 aromatic heterocycles. The van der Waals surface area contributed by atoms with Crippen LogP contribution in [0.15, 0.2) is 24.5 Å². The van der Waals surface area contributed by atoms with Gasteiger partial charge in [-0.05, 0) is 43.2 Å². The predicted molar refractivity (Wildman–Crippen MR) is 86.5 cm³/mol. The van der Waals surface area contributed by atoms with Crippen LogP contribution >= 0.6 is 0 Å². The van der Waals surface area contributed by atoms with Gasteiger partial charge < -0.3 is 15.7 Å². The minimum absolute atomic E-state index is 0.0868. The first kappa shape index (κ1) is 16.7. The number of urea groups is 1. The minimum atomic E-state index is -0.132. The molecule has 1 saturated carbocycles. The highest BCUT2D eigenvalue weighted by atomic mass is 16.3. The molecule has 0 spiro atoms. The molecule has 122 valence electrons. The second kappa shape index (κ2) is 9.41. The number of pyridine rings is 1. The number of aliphatic hydroxyl groups excluding tert-OH is 1. The summed E-state index contributed by atoms with van der Waals surface area (Å²) in [5.74, 6) is 0.505. The van der Waals surface area contributed by atoms with Crippen molar-refractivity contribution in [2.24, 2.45) is 5.92 Å². The van der Waals surface area contributed by atoms with Crippen molar-refractivity contribution in [2.45, 2.75) is 51.0 Å². The van der Waals surface area contributed by atoms with Gasteiger partial charge in [0.2, 0.25) is 0 Å². The number of carbonyl (C=O) groups excluding carboxylic acids is 1. The highest BCUT2D eigenvalue weighted by Gasteiger charge is 2.24. The van der Waals surface area contributed by atoms with Gasteiger partial charge in [-0.25, -0.2) is 4.79 Å². The van der Waals surface area contributed by atoms with Crippen LogP contribution in [0, 0.1) is 5.92 Å². The molecule has 1 heterocycles. The van der Waals surface area contributed by atoms with E-state index in [0.717, 1.165) is 24.8 Å². The Kier molecular flexibility index (Phi) is 7.16. The lowest BCUT2D eigenvalue weighted by Gasteiger charge is -2.30. The quantitative estimate of drug-likeness (QED) is 0.723. The number of rotatable bonds is 7. The van der Waals surface area contributed by atoms with Gasteiger partial charge in [0.25, 0.3) is 0 Å². The lowest BCUT2D eigenvalue weighted by Crippen LogP contribution is -2.46. The largest absolute Gasteiger partial charge is 0.396 e. The topological polar surface area (TPSA) is 74.2 Å². The van der Waals surface area contributed by atoms with Crippen molar-refractivity contribution in [3.05, 3.63) is 30.1 Å². The van der Waals surface area contributed by atoms with Gasteiger partial charge in [0.05, 0.1) is 0 Å². The molecule has 5 nitrogen and oxygen atoms in total. The lowest BCUT2D eigenvalue weighted by atomic mass is 9.83. The Morgan fingerprint density at radius 1 is 1.36 bits per heavy atom. The van der Waals surface area contributed by atoms with E-state index in [1.165, 1.54) is 19.3 Å². The summed E-state index contributed by atoms with van der Waals surface area (Å²) in [6.45, 7) is 0.713.